The maximum Gasteiger partial charge on any atom is 0.240 e. The summed E-state index contributed by atoms with van der Waals surface area (Å²) in [7, 11) is 0. The van der Waals surface area contributed by atoms with Crippen LogP contribution in [0.4, 0.5) is 11.6 Å². The SMILES string of the molecule is Nc1ccc2c(c1)nc(Cc1ccc(O)c(O)c1)n1nc(N)nc21. The molecule has 0 amide bonds. The molecule has 6 N–H and O–H groups in total. The zero-order valence-corrected chi connectivity index (χ0v) is 12.5. The summed E-state index contributed by atoms with van der Waals surface area (Å²) in [6.45, 7) is 0. The van der Waals surface area contributed by atoms with E-state index in [1.165, 1.54) is 12.1 Å². The number of fused-ring (bicyclic) bond motifs is 3. The Morgan fingerprint density at radius 1 is 0.958 bits per heavy atom. The highest BCUT2D eigenvalue weighted by Crippen LogP contribution is 2.27. The van der Waals surface area contributed by atoms with Crippen molar-refractivity contribution in [1.29, 1.82) is 0 Å². The number of hydrogen-bond acceptors (Lipinski definition) is 7. The van der Waals surface area contributed by atoms with Gasteiger partial charge in [-0.3, -0.25) is 0 Å². The van der Waals surface area contributed by atoms with E-state index >= 15 is 0 Å². The zero-order chi connectivity index (χ0) is 16.8. The van der Waals surface area contributed by atoms with Gasteiger partial charge in [-0.25, -0.2) is 4.98 Å². The number of aromatic nitrogens is 4. The molecule has 2 aromatic heterocycles. The Labute approximate surface area is 136 Å². The third kappa shape index (κ3) is 2.21. The summed E-state index contributed by atoms with van der Waals surface area (Å²) in [5, 5.41) is 24.1. The summed E-state index contributed by atoms with van der Waals surface area (Å²) >= 11 is 0. The van der Waals surface area contributed by atoms with Gasteiger partial charge in [0.2, 0.25) is 5.95 Å². The number of hydrogen-bond donors (Lipinski definition) is 4. The van der Waals surface area contributed by atoms with E-state index in [0.717, 1.165) is 10.9 Å². The first-order valence-corrected chi connectivity index (χ1v) is 7.22. The maximum absolute atomic E-state index is 9.66. The first-order chi connectivity index (χ1) is 11.5. The third-order valence-corrected chi connectivity index (χ3v) is 3.78. The van der Waals surface area contributed by atoms with Crippen molar-refractivity contribution >= 4 is 28.2 Å². The summed E-state index contributed by atoms with van der Waals surface area (Å²) in [4.78, 5) is 8.87. The van der Waals surface area contributed by atoms with Crippen molar-refractivity contribution in [2.24, 2.45) is 0 Å². The molecular weight excluding hydrogens is 308 g/mol. The van der Waals surface area contributed by atoms with Crippen LogP contribution in [0.5, 0.6) is 11.5 Å². The lowest BCUT2D eigenvalue weighted by atomic mass is 10.1. The van der Waals surface area contributed by atoms with Crippen molar-refractivity contribution in [1.82, 2.24) is 19.6 Å². The monoisotopic (exact) mass is 322 g/mol. The Hall–Kier alpha value is -3.55. The molecule has 24 heavy (non-hydrogen) atoms. The van der Waals surface area contributed by atoms with Gasteiger partial charge in [0.25, 0.3) is 0 Å². The van der Waals surface area contributed by atoms with Gasteiger partial charge in [0.1, 0.15) is 5.82 Å². The van der Waals surface area contributed by atoms with Crippen LogP contribution in [0.2, 0.25) is 0 Å². The Balaban J connectivity index is 1.93. The standard InChI is InChI=1S/C16H14N6O2/c17-9-2-3-10-11(7-9)19-14(22-15(10)20-16(18)21-22)6-8-1-4-12(23)13(24)5-8/h1-5,7,23-24H,6,17H2,(H2,18,21). The van der Waals surface area contributed by atoms with Crippen LogP contribution < -0.4 is 11.5 Å². The molecule has 0 aliphatic rings. The Kier molecular flexibility index (Phi) is 2.92. The number of anilines is 2. The highest BCUT2D eigenvalue weighted by molar-refractivity contribution is 5.93. The number of rotatable bonds is 2. The van der Waals surface area contributed by atoms with E-state index in [2.05, 4.69) is 15.1 Å². The maximum atomic E-state index is 9.66. The summed E-state index contributed by atoms with van der Waals surface area (Å²) < 4.78 is 1.58. The van der Waals surface area contributed by atoms with E-state index in [-0.39, 0.29) is 17.4 Å². The van der Waals surface area contributed by atoms with Crippen LogP contribution >= 0.6 is 0 Å². The average molecular weight is 322 g/mol. The smallest absolute Gasteiger partial charge is 0.240 e. The number of nitrogens with zero attached hydrogens (tertiary/aromatic N) is 4. The quantitative estimate of drug-likeness (QED) is 0.324. The van der Waals surface area contributed by atoms with E-state index in [1.54, 1.807) is 22.7 Å². The van der Waals surface area contributed by atoms with Crippen molar-refractivity contribution in [3.8, 4) is 11.5 Å². The molecule has 8 heteroatoms. The molecule has 0 aliphatic carbocycles. The molecule has 0 atom stereocenters. The summed E-state index contributed by atoms with van der Waals surface area (Å²) in [6, 6.07) is 9.97. The number of nitrogen functional groups attached to an aromatic ring is 2. The minimum atomic E-state index is -0.188. The van der Waals surface area contributed by atoms with Crippen molar-refractivity contribution in [2.75, 3.05) is 11.5 Å². The van der Waals surface area contributed by atoms with Crippen LogP contribution in [0.15, 0.2) is 36.4 Å². The molecule has 4 rings (SSSR count). The number of phenolic OH excluding ortho intramolecular Hbond substituents is 2. The van der Waals surface area contributed by atoms with Gasteiger partial charge in [0, 0.05) is 17.5 Å². The molecule has 0 fully saturated rings. The Bertz CT molecular complexity index is 1090. The molecule has 0 spiro atoms. The molecule has 0 aliphatic heterocycles. The minimum Gasteiger partial charge on any atom is -0.504 e. The number of nitrogens with two attached hydrogens (primary N) is 2. The normalized spacial score (nSPS) is 11.3. The zero-order valence-electron chi connectivity index (χ0n) is 12.5. The molecular formula is C16H14N6O2. The average Bonchev–Trinajstić information content (AvgIpc) is 2.93. The Morgan fingerprint density at radius 3 is 2.58 bits per heavy atom. The highest BCUT2D eigenvalue weighted by atomic mass is 16.3. The summed E-state index contributed by atoms with van der Waals surface area (Å²) in [6.07, 6.45) is 0.373. The fraction of sp³-hybridized carbons (Fsp3) is 0.0625. The molecule has 120 valence electrons. The lowest BCUT2D eigenvalue weighted by Crippen LogP contribution is -2.05. The van der Waals surface area contributed by atoms with Gasteiger partial charge in [0.15, 0.2) is 17.1 Å². The predicted molar refractivity (Wildman–Crippen MR) is 89.7 cm³/mol. The lowest BCUT2D eigenvalue weighted by molar-refractivity contribution is 0.403. The van der Waals surface area contributed by atoms with Crippen molar-refractivity contribution < 1.29 is 10.2 Å². The van der Waals surface area contributed by atoms with Gasteiger partial charge in [-0.15, -0.1) is 5.10 Å². The van der Waals surface area contributed by atoms with Crippen LogP contribution in [0.1, 0.15) is 11.4 Å². The fourth-order valence-electron chi connectivity index (χ4n) is 2.67. The third-order valence-electron chi connectivity index (χ3n) is 3.78. The van der Waals surface area contributed by atoms with Gasteiger partial charge >= 0.3 is 0 Å². The second-order valence-electron chi connectivity index (χ2n) is 5.51. The van der Waals surface area contributed by atoms with Gasteiger partial charge < -0.3 is 21.7 Å². The van der Waals surface area contributed by atoms with Crippen LogP contribution in [0.3, 0.4) is 0 Å². The molecule has 8 nitrogen and oxygen atoms in total. The lowest BCUT2D eigenvalue weighted by Gasteiger charge is -2.08. The number of aromatic hydroxyl groups is 2. The van der Waals surface area contributed by atoms with E-state index in [9.17, 15) is 10.2 Å². The predicted octanol–water partition coefficient (Wildman–Crippen LogP) is 1.44. The molecule has 0 saturated heterocycles. The van der Waals surface area contributed by atoms with Crippen molar-refractivity contribution in [3.63, 3.8) is 0 Å². The summed E-state index contributed by atoms with van der Waals surface area (Å²) in [5.74, 6) is 0.383. The van der Waals surface area contributed by atoms with Crippen LogP contribution in [0.25, 0.3) is 16.6 Å². The highest BCUT2D eigenvalue weighted by Gasteiger charge is 2.13. The second kappa shape index (κ2) is 4.98. The molecule has 0 unspecified atom stereocenters. The van der Waals surface area contributed by atoms with E-state index in [0.29, 0.717) is 29.1 Å². The first-order valence-electron chi connectivity index (χ1n) is 7.22. The van der Waals surface area contributed by atoms with Gasteiger partial charge in [0.05, 0.1) is 5.52 Å². The molecule has 2 aromatic carbocycles. The minimum absolute atomic E-state index is 0.149. The molecule has 2 heterocycles. The van der Waals surface area contributed by atoms with Crippen molar-refractivity contribution in [3.05, 3.63) is 47.8 Å². The molecule has 0 bridgehead atoms. The number of benzene rings is 2. The molecule has 4 aromatic rings. The van der Waals surface area contributed by atoms with Crippen LogP contribution in [-0.2, 0) is 6.42 Å². The first kappa shape index (κ1) is 14.1. The molecule has 0 radical (unpaired) electrons. The van der Waals surface area contributed by atoms with Gasteiger partial charge in [-0.05, 0) is 35.9 Å². The topological polar surface area (TPSA) is 136 Å². The van der Waals surface area contributed by atoms with Gasteiger partial charge in [-0.2, -0.15) is 9.50 Å². The van der Waals surface area contributed by atoms with Crippen molar-refractivity contribution in [2.45, 2.75) is 6.42 Å². The largest absolute Gasteiger partial charge is 0.504 e. The van der Waals surface area contributed by atoms with E-state index < -0.39 is 0 Å². The number of phenols is 2. The summed E-state index contributed by atoms with van der Waals surface area (Å²) in [5.41, 5.74) is 14.2. The van der Waals surface area contributed by atoms with Gasteiger partial charge in [-0.1, -0.05) is 6.07 Å². The van der Waals surface area contributed by atoms with Crippen LogP contribution in [-0.4, -0.2) is 29.8 Å². The Morgan fingerprint density at radius 2 is 1.79 bits per heavy atom. The van der Waals surface area contributed by atoms with E-state index in [1.807, 2.05) is 6.07 Å². The fourth-order valence-corrected chi connectivity index (χ4v) is 2.67. The second-order valence-corrected chi connectivity index (χ2v) is 5.51. The van der Waals surface area contributed by atoms with E-state index in [4.69, 9.17) is 11.5 Å². The molecule has 0 saturated carbocycles. The van der Waals surface area contributed by atoms with Crippen LogP contribution in [0, 0.1) is 0 Å².